The number of rotatable bonds is 4. The molecule has 0 radical (unpaired) electrons. The van der Waals surface area contributed by atoms with E-state index < -0.39 is 0 Å². The molecule has 0 heterocycles. The van der Waals surface area contributed by atoms with Gasteiger partial charge in [-0.3, -0.25) is 0 Å². The van der Waals surface area contributed by atoms with Crippen LogP contribution >= 0.6 is 0 Å². The molecule has 118 valence electrons. The van der Waals surface area contributed by atoms with E-state index in [0.29, 0.717) is 23.8 Å². The predicted molar refractivity (Wildman–Crippen MR) is 86.4 cm³/mol. The molecule has 1 aromatic rings. The van der Waals surface area contributed by atoms with Gasteiger partial charge in [-0.2, -0.15) is 0 Å². The summed E-state index contributed by atoms with van der Waals surface area (Å²) in [5, 5.41) is 3.54. The van der Waals surface area contributed by atoms with Crippen molar-refractivity contribution in [2.24, 2.45) is 11.3 Å². The van der Waals surface area contributed by atoms with Gasteiger partial charge in [-0.1, -0.05) is 20.8 Å². The monoisotopic (exact) mass is 293 g/mol. The van der Waals surface area contributed by atoms with Gasteiger partial charge in [0.2, 0.25) is 0 Å². The smallest absolute Gasteiger partial charge is 0.145 e. The Hall–Kier alpha value is -1.25. The standard InChI is InChI=1S/C18H28FNO/c1-5-21-17-12-14(19)8-11-16(17)20-15-9-6-13(7-10-15)18(2,3)4/h8,11-13,15,20H,5-7,9-10H2,1-4H3. The molecule has 1 aromatic carbocycles. The van der Waals surface area contributed by atoms with E-state index in [0.717, 1.165) is 11.6 Å². The molecule has 1 fully saturated rings. The number of nitrogens with one attached hydrogen (secondary N) is 1. The molecule has 21 heavy (non-hydrogen) atoms. The molecule has 1 aliphatic rings. The van der Waals surface area contributed by atoms with Gasteiger partial charge in [0.1, 0.15) is 11.6 Å². The fourth-order valence-electron chi connectivity index (χ4n) is 3.21. The van der Waals surface area contributed by atoms with Crippen LogP contribution in [0.3, 0.4) is 0 Å². The highest BCUT2D eigenvalue weighted by Crippen LogP contribution is 2.39. The molecule has 1 N–H and O–H groups in total. The van der Waals surface area contributed by atoms with E-state index in [9.17, 15) is 4.39 Å². The summed E-state index contributed by atoms with van der Waals surface area (Å²) in [5.41, 5.74) is 1.31. The highest BCUT2D eigenvalue weighted by Gasteiger charge is 2.29. The lowest BCUT2D eigenvalue weighted by molar-refractivity contribution is 0.173. The molecule has 1 saturated carbocycles. The fraction of sp³-hybridized carbons (Fsp3) is 0.667. The first kappa shape index (κ1) is 16.1. The lowest BCUT2D eigenvalue weighted by Gasteiger charge is -2.37. The van der Waals surface area contributed by atoms with E-state index in [4.69, 9.17) is 4.74 Å². The van der Waals surface area contributed by atoms with Crippen LogP contribution in [0.2, 0.25) is 0 Å². The zero-order valence-corrected chi connectivity index (χ0v) is 13.7. The SMILES string of the molecule is CCOc1cc(F)ccc1NC1CCC(C(C)(C)C)CC1. The molecule has 0 atom stereocenters. The van der Waals surface area contributed by atoms with E-state index in [1.807, 2.05) is 6.92 Å². The number of benzene rings is 1. The van der Waals surface area contributed by atoms with E-state index in [1.165, 1.54) is 37.8 Å². The number of hydrogen-bond acceptors (Lipinski definition) is 2. The summed E-state index contributed by atoms with van der Waals surface area (Å²) in [4.78, 5) is 0. The third-order valence-corrected chi connectivity index (χ3v) is 4.56. The van der Waals surface area contributed by atoms with Crippen LogP contribution < -0.4 is 10.1 Å². The highest BCUT2D eigenvalue weighted by atomic mass is 19.1. The van der Waals surface area contributed by atoms with Crippen LogP contribution in [0.1, 0.15) is 53.4 Å². The van der Waals surface area contributed by atoms with Crippen LogP contribution in [0.5, 0.6) is 5.75 Å². The Morgan fingerprint density at radius 2 is 1.86 bits per heavy atom. The van der Waals surface area contributed by atoms with E-state index in [2.05, 4.69) is 26.1 Å². The van der Waals surface area contributed by atoms with Crippen molar-refractivity contribution in [3.63, 3.8) is 0 Å². The maximum absolute atomic E-state index is 13.3. The third kappa shape index (κ3) is 4.36. The Bertz CT molecular complexity index is 459. The molecular formula is C18H28FNO. The van der Waals surface area contributed by atoms with Gasteiger partial charge in [0.15, 0.2) is 0 Å². The van der Waals surface area contributed by atoms with Crippen molar-refractivity contribution < 1.29 is 9.13 Å². The van der Waals surface area contributed by atoms with Crippen molar-refractivity contribution in [1.82, 2.24) is 0 Å². The minimum Gasteiger partial charge on any atom is -0.492 e. The lowest BCUT2D eigenvalue weighted by atomic mass is 9.71. The van der Waals surface area contributed by atoms with Crippen LogP contribution in [0, 0.1) is 17.2 Å². The van der Waals surface area contributed by atoms with Crippen molar-refractivity contribution >= 4 is 5.69 Å². The molecule has 1 aliphatic carbocycles. The Kier molecular flexibility index (Phi) is 5.13. The zero-order valence-electron chi connectivity index (χ0n) is 13.7. The first-order valence-electron chi connectivity index (χ1n) is 8.09. The molecule has 0 saturated heterocycles. The van der Waals surface area contributed by atoms with Crippen LogP contribution in [0.15, 0.2) is 18.2 Å². The molecule has 2 rings (SSSR count). The van der Waals surface area contributed by atoms with Gasteiger partial charge in [-0.25, -0.2) is 4.39 Å². The van der Waals surface area contributed by atoms with E-state index in [-0.39, 0.29) is 5.82 Å². The lowest BCUT2D eigenvalue weighted by Crippen LogP contribution is -2.31. The van der Waals surface area contributed by atoms with Gasteiger partial charge < -0.3 is 10.1 Å². The summed E-state index contributed by atoms with van der Waals surface area (Å²) in [6, 6.07) is 5.21. The molecule has 3 heteroatoms. The summed E-state index contributed by atoms with van der Waals surface area (Å²) in [6.45, 7) is 9.47. The molecule has 2 nitrogen and oxygen atoms in total. The largest absolute Gasteiger partial charge is 0.492 e. The second-order valence-electron chi connectivity index (χ2n) is 7.13. The summed E-state index contributed by atoms with van der Waals surface area (Å²) >= 11 is 0. The first-order valence-corrected chi connectivity index (χ1v) is 8.09. The first-order chi connectivity index (χ1) is 9.90. The molecule has 0 aliphatic heterocycles. The molecular weight excluding hydrogens is 265 g/mol. The Labute approximate surface area is 128 Å². The second kappa shape index (κ2) is 6.67. The Morgan fingerprint density at radius 1 is 1.19 bits per heavy atom. The van der Waals surface area contributed by atoms with E-state index in [1.54, 1.807) is 6.07 Å². The quantitative estimate of drug-likeness (QED) is 0.819. The Balaban J connectivity index is 1.97. The summed E-state index contributed by atoms with van der Waals surface area (Å²) in [6.07, 6.45) is 4.86. The zero-order chi connectivity index (χ0) is 15.5. The summed E-state index contributed by atoms with van der Waals surface area (Å²) < 4.78 is 18.9. The fourth-order valence-corrected chi connectivity index (χ4v) is 3.21. The molecule has 0 bridgehead atoms. The number of halogens is 1. The van der Waals surface area contributed by atoms with Crippen LogP contribution in [0.4, 0.5) is 10.1 Å². The van der Waals surface area contributed by atoms with Gasteiger partial charge in [-0.05, 0) is 56.1 Å². The van der Waals surface area contributed by atoms with Crippen LogP contribution in [0.25, 0.3) is 0 Å². The normalized spacial score (nSPS) is 22.9. The molecule has 0 spiro atoms. The highest BCUT2D eigenvalue weighted by molar-refractivity contribution is 5.57. The molecule has 0 unspecified atom stereocenters. The third-order valence-electron chi connectivity index (χ3n) is 4.56. The van der Waals surface area contributed by atoms with Crippen molar-refractivity contribution in [3.8, 4) is 5.75 Å². The summed E-state index contributed by atoms with van der Waals surface area (Å²) in [5.74, 6) is 1.17. The Morgan fingerprint density at radius 3 is 2.43 bits per heavy atom. The van der Waals surface area contributed by atoms with Crippen molar-refractivity contribution in [2.75, 3.05) is 11.9 Å². The predicted octanol–water partition coefficient (Wildman–Crippen LogP) is 5.24. The molecule has 0 amide bonds. The maximum atomic E-state index is 13.3. The van der Waals surface area contributed by atoms with Gasteiger partial charge in [-0.15, -0.1) is 0 Å². The second-order valence-corrected chi connectivity index (χ2v) is 7.13. The minimum absolute atomic E-state index is 0.250. The van der Waals surface area contributed by atoms with Crippen molar-refractivity contribution in [3.05, 3.63) is 24.0 Å². The number of hydrogen-bond donors (Lipinski definition) is 1. The van der Waals surface area contributed by atoms with Crippen LogP contribution in [-0.4, -0.2) is 12.6 Å². The molecule has 0 aromatic heterocycles. The number of ether oxygens (including phenoxy) is 1. The van der Waals surface area contributed by atoms with E-state index >= 15 is 0 Å². The van der Waals surface area contributed by atoms with Crippen molar-refractivity contribution in [2.45, 2.75) is 59.4 Å². The van der Waals surface area contributed by atoms with Gasteiger partial charge >= 0.3 is 0 Å². The average Bonchev–Trinajstić information content (AvgIpc) is 2.42. The van der Waals surface area contributed by atoms with Gasteiger partial charge in [0.25, 0.3) is 0 Å². The van der Waals surface area contributed by atoms with Gasteiger partial charge in [0.05, 0.1) is 12.3 Å². The maximum Gasteiger partial charge on any atom is 0.145 e. The average molecular weight is 293 g/mol. The van der Waals surface area contributed by atoms with Crippen molar-refractivity contribution in [1.29, 1.82) is 0 Å². The van der Waals surface area contributed by atoms with Crippen LogP contribution in [-0.2, 0) is 0 Å². The van der Waals surface area contributed by atoms with Gasteiger partial charge in [0, 0.05) is 12.1 Å². The summed E-state index contributed by atoms with van der Waals surface area (Å²) in [7, 11) is 0. The minimum atomic E-state index is -0.250. The topological polar surface area (TPSA) is 21.3 Å². The number of anilines is 1.